The SMILES string of the molecule is Cc1nn(C)cc1CN1CCC2(CC1)C[C@@H]2C(=O)N1CCN(C/C=C/c2ccccc2)CC1. The van der Waals surface area contributed by atoms with E-state index in [0.29, 0.717) is 5.91 Å². The predicted molar refractivity (Wildman–Crippen MR) is 131 cm³/mol. The molecule has 3 fully saturated rings. The fourth-order valence-corrected chi connectivity index (χ4v) is 5.72. The Hall–Kier alpha value is -2.44. The van der Waals surface area contributed by atoms with Gasteiger partial charge >= 0.3 is 0 Å². The van der Waals surface area contributed by atoms with Gasteiger partial charge < -0.3 is 4.90 Å². The lowest BCUT2D eigenvalue weighted by Crippen LogP contribution is -2.49. The molecule has 3 heterocycles. The number of carbonyl (C=O) groups excluding carboxylic acids is 1. The lowest BCUT2D eigenvalue weighted by Gasteiger charge is -2.36. The second-order valence-corrected chi connectivity index (χ2v) is 10.2. The first kappa shape index (κ1) is 22.4. The van der Waals surface area contributed by atoms with Crippen LogP contribution in [-0.4, -0.2) is 76.2 Å². The van der Waals surface area contributed by atoms with Gasteiger partial charge in [0.15, 0.2) is 0 Å². The third-order valence-electron chi connectivity index (χ3n) is 8.01. The van der Waals surface area contributed by atoms with E-state index in [2.05, 4.69) is 69.3 Å². The van der Waals surface area contributed by atoms with Crippen molar-refractivity contribution in [3.63, 3.8) is 0 Å². The minimum Gasteiger partial charge on any atom is -0.340 e. The Morgan fingerprint density at radius 3 is 2.45 bits per heavy atom. The van der Waals surface area contributed by atoms with E-state index in [9.17, 15) is 4.79 Å². The number of rotatable bonds is 6. The summed E-state index contributed by atoms with van der Waals surface area (Å²) in [5, 5.41) is 4.47. The largest absolute Gasteiger partial charge is 0.340 e. The molecule has 33 heavy (non-hydrogen) atoms. The molecule has 0 bridgehead atoms. The van der Waals surface area contributed by atoms with Crippen molar-refractivity contribution >= 4 is 12.0 Å². The Morgan fingerprint density at radius 1 is 1.06 bits per heavy atom. The highest BCUT2D eigenvalue weighted by Crippen LogP contribution is 2.60. The van der Waals surface area contributed by atoms with Crippen molar-refractivity contribution < 1.29 is 4.79 Å². The number of benzene rings is 1. The first-order chi connectivity index (χ1) is 16.0. The average molecular weight is 448 g/mol. The maximum atomic E-state index is 13.2. The van der Waals surface area contributed by atoms with E-state index in [1.54, 1.807) is 0 Å². The van der Waals surface area contributed by atoms with Crippen molar-refractivity contribution in [2.75, 3.05) is 45.8 Å². The van der Waals surface area contributed by atoms with Crippen LogP contribution >= 0.6 is 0 Å². The summed E-state index contributed by atoms with van der Waals surface area (Å²) in [5.74, 6) is 0.690. The smallest absolute Gasteiger partial charge is 0.226 e. The third-order valence-corrected chi connectivity index (χ3v) is 8.01. The number of piperazine rings is 1. The van der Waals surface area contributed by atoms with Crippen molar-refractivity contribution in [2.24, 2.45) is 18.4 Å². The Morgan fingerprint density at radius 2 is 1.79 bits per heavy atom. The lowest BCUT2D eigenvalue weighted by molar-refractivity contribution is -0.135. The number of aromatic nitrogens is 2. The number of aryl methyl sites for hydroxylation is 2. The summed E-state index contributed by atoms with van der Waals surface area (Å²) < 4.78 is 1.91. The zero-order chi connectivity index (χ0) is 22.8. The normalized spacial score (nSPS) is 23.5. The van der Waals surface area contributed by atoms with Crippen LogP contribution in [-0.2, 0) is 18.4 Å². The van der Waals surface area contributed by atoms with Gasteiger partial charge in [0.1, 0.15) is 0 Å². The molecule has 6 nitrogen and oxygen atoms in total. The quantitative estimate of drug-likeness (QED) is 0.682. The molecule has 1 spiro atoms. The van der Waals surface area contributed by atoms with Crippen molar-refractivity contribution in [1.82, 2.24) is 24.5 Å². The molecule has 2 aliphatic heterocycles. The molecule has 0 unspecified atom stereocenters. The standard InChI is InChI=1S/C27H37N5O/c1-22-24(20-29(2)28-22)21-31-13-10-27(11-14-31)19-25(27)26(33)32-17-15-30(16-18-32)12-6-9-23-7-4-3-5-8-23/h3-9,20,25H,10-19,21H2,1-2H3/b9-6+/t25-/m1/s1. The van der Waals surface area contributed by atoms with Crippen LogP contribution in [0.15, 0.2) is 42.6 Å². The number of hydrogen-bond donors (Lipinski definition) is 0. The summed E-state index contributed by atoms with van der Waals surface area (Å²) >= 11 is 0. The molecule has 1 aromatic heterocycles. The van der Waals surface area contributed by atoms with E-state index in [4.69, 9.17) is 0 Å². The minimum absolute atomic E-state index is 0.268. The van der Waals surface area contributed by atoms with Crippen LogP contribution in [0, 0.1) is 18.3 Å². The third kappa shape index (κ3) is 5.07. The first-order valence-electron chi connectivity index (χ1n) is 12.5. The Kier molecular flexibility index (Phi) is 6.39. The molecular weight excluding hydrogens is 410 g/mol. The van der Waals surface area contributed by atoms with Crippen LogP contribution in [0.25, 0.3) is 6.08 Å². The highest BCUT2D eigenvalue weighted by atomic mass is 16.2. The van der Waals surface area contributed by atoms with Crippen LogP contribution in [0.1, 0.15) is 36.1 Å². The lowest BCUT2D eigenvalue weighted by atomic mass is 9.90. The minimum atomic E-state index is 0.268. The number of nitrogens with zero attached hydrogens (tertiary/aromatic N) is 5. The van der Waals surface area contributed by atoms with Gasteiger partial charge in [-0.15, -0.1) is 0 Å². The molecule has 6 heteroatoms. The van der Waals surface area contributed by atoms with Crippen molar-refractivity contribution in [3.05, 3.63) is 59.4 Å². The molecule has 0 radical (unpaired) electrons. The number of likely N-dealkylation sites (tertiary alicyclic amines) is 1. The van der Waals surface area contributed by atoms with E-state index in [-0.39, 0.29) is 11.3 Å². The molecule has 1 atom stereocenters. The van der Waals surface area contributed by atoms with E-state index in [1.807, 2.05) is 17.8 Å². The van der Waals surface area contributed by atoms with Crippen molar-refractivity contribution in [3.8, 4) is 0 Å². The number of carbonyl (C=O) groups is 1. The van der Waals surface area contributed by atoms with E-state index in [0.717, 1.165) is 77.3 Å². The second-order valence-electron chi connectivity index (χ2n) is 10.2. The second kappa shape index (κ2) is 9.43. The highest BCUT2D eigenvalue weighted by Gasteiger charge is 2.59. The summed E-state index contributed by atoms with van der Waals surface area (Å²) in [6.45, 7) is 9.92. The number of hydrogen-bond acceptors (Lipinski definition) is 4. The fourth-order valence-electron chi connectivity index (χ4n) is 5.72. The van der Waals surface area contributed by atoms with Gasteiger partial charge in [0.2, 0.25) is 5.91 Å². The van der Waals surface area contributed by atoms with E-state index < -0.39 is 0 Å². The molecule has 176 valence electrons. The van der Waals surface area contributed by atoms with Gasteiger partial charge in [-0.3, -0.25) is 19.3 Å². The van der Waals surface area contributed by atoms with Gasteiger partial charge in [-0.1, -0.05) is 42.5 Å². The van der Waals surface area contributed by atoms with E-state index >= 15 is 0 Å². The summed E-state index contributed by atoms with van der Waals surface area (Å²) in [6.07, 6.45) is 9.99. The van der Waals surface area contributed by atoms with Crippen LogP contribution in [0.3, 0.4) is 0 Å². The van der Waals surface area contributed by atoms with Gasteiger partial charge in [0.25, 0.3) is 0 Å². The molecule has 1 aliphatic carbocycles. The van der Waals surface area contributed by atoms with Gasteiger partial charge in [0.05, 0.1) is 5.69 Å². The summed E-state index contributed by atoms with van der Waals surface area (Å²) in [5.41, 5.74) is 3.99. The molecule has 5 rings (SSSR count). The first-order valence-corrected chi connectivity index (χ1v) is 12.5. The molecule has 3 aliphatic rings. The summed E-state index contributed by atoms with van der Waals surface area (Å²) in [6, 6.07) is 10.4. The van der Waals surface area contributed by atoms with Gasteiger partial charge in [0, 0.05) is 64.0 Å². The van der Waals surface area contributed by atoms with Crippen molar-refractivity contribution in [2.45, 2.75) is 32.7 Å². The fraction of sp³-hybridized carbons (Fsp3) is 0.556. The molecule has 1 aromatic carbocycles. The van der Waals surface area contributed by atoms with E-state index in [1.165, 1.54) is 11.1 Å². The van der Waals surface area contributed by atoms with Gasteiger partial charge in [-0.25, -0.2) is 0 Å². The zero-order valence-corrected chi connectivity index (χ0v) is 20.1. The summed E-state index contributed by atoms with van der Waals surface area (Å²) in [4.78, 5) is 20.4. The van der Waals surface area contributed by atoms with Crippen LogP contribution in [0.4, 0.5) is 0 Å². The van der Waals surface area contributed by atoms with Crippen LogP contribution < -0.4 is 0 Å². The monoisotopic (exact) mass is 447 g/mol. The predicted octanol–water partition coefficient (Wildman–Crippen LogP) is 3.19. The number of amides is 1. The highest BCUT2D eigenvalue weighted by molar-refractivity contribution is 5.83. The molecule has 1 saturated carbocycles. The van der Waals surface area contributed by atoms with Crippen LogP contribution in [0.5, 0.6) is 0 Å². The van der Waals surface area contributed by atoms with Crippen LogP contribution in [0.2, 0.25) is 0 Å². The molecular formula is C27H37N5O. The molecule has 2 saturated heterocycles. The molecule has 2 aromatic rings. The maximum absolute atomic E-state index is 13.2. The van der Waals surface area contributed by atoms with Gasteiger partial charge in [-0.05, 0) is 50.3 Å². The Labute approximate surface area is 197 Å². The zero-order valence-electron chi connectivity index (χ0n) is 20.1. The average Bonchev–Trinajstić information content (AvgIpc) is 3.44. The van der Waals surface area contributed by atoms with Crippen molar-refractivity contribution in [1.29, 1.82) is 0 Å². The topological polar surface area (TPSA) is 44.6 Å². The Balaban J connectivity index is 1.05. The summed E-state index contributed by atoms with van der Waals surface area (Å²) in [7, 11) is 1.99. The molecule has 1 amide bonds. The van der Waals surface area contributed by atoms with Gasteiger partial charge in [-0.2, -0.15) is 5.10 Å². The maximum Gasteiger partial charge on any atom is 0.226 e. The Bertz CT molecular complexity index is 981. The number of piperidine rings is 1. The molecule has 0 N–H and O–H groups in total.